The van der Waals surface area contributed by atoms with Crippen molar-refractivity contribution in [2.75, 3.05) is 24.5 Å². The minimum atomic E-state index is -0.0891. The fraction of sp³-hybridized carbons (Fsp3) is 0.417. The van der Waals surface area contributed by atoms with Crippen LogP contribution in [0.25, 0.3) is 0 Å². The first-order chi connectivity index (χ1) is 14.0. The summed E-state index contributed by atoms with van der Waals surface area (Å²) in [5.41, 5.74) is 3.73. The smallest absolute Gasteiger partial charge is 0.324 e. The van der Waals surface area contributed by atoms with Gasteiger partial charge in [-0.3, -0.25) is 9.69 Å². The molecule has 0 bridgehead atoms. The van der Waals surface area contributed by atoms with E-state index in [0.29, 0.717) is 31.1 Å². The Labute approximate surface area is 173 Å². The van der Waals surface area contributed by atoms with Crippen LogP contribution in [0.1, 0.15) is 48.2 Å². The van der Waals surface area contributed by atoms with Crippen molar-refractivity contribution >= 4 is 17.6 Å². The van der Waals surface area contributed by atoms with E-state index in [1.165, 1.54) is 11.1 Å². The lowest BCUT2D eigenvalue weighted by Gasteiger charge is -2.36. The summed E-state index contributed by atoms with van der Waals surface area (Å²) in [5, 5.41) is 2.97. The highest BCUT2D eigenvalue weighted by molar-refractivity contribution is 5.98. The average molecular weight is 394 g/mol. The maximum Gasteiger partial charge on any atom is 0.324 e. The van der Waals surface area contributed by atoms with E-state index >= 15 is 0 Å². The van der Waals surface area contributed by atoms with Gasteiger partial charge in [0, 0.05) is 37.4 Å². The van der Waals surface area contributed by atoms with Crippen LogP contribution in [0.15, 0.2) is 48.5 Å². The number of amides is 3. The molecule has 2 aromatic rings. The Morgan fingerprint density at radius 1 is 1.10 bits per heavy atom. The molecule has 0 aliphatic carbocycles. The van der Waals surface area contributed by atoms with Crippen molar-refractivity contribution < 1.29 is 9.59 Å². The molecule has 3 rings (SSSR count). The molecule has 1 heterocycles. The summed E-state index contributed by atoms with van der Waals surface area (Å²) in [6.07, 6.45) is 1.85. The minimum absolute atomic E-state index is 0.00290. The van der Waals surface area contributed by atoms with Crippen LogP contribution in [0.4, 0.5) is 10.5 Å². The molecule has 2 aromatic carbocycles. The van der Waals surface area contributed by atoms with Crippen molar-refractivity contribution in [1.82, 2.24) is 10.2 Å². The van der Waals surface area contributed by atoms with Crippen molar-refractivity contribution in [3.63, 3.8) is 0 Å². The summed E-state index contributed by atoms with van der Waals surface area (Å²) in [6, 6.07) is 15.5. The maximum absolute atomic E-state index is 13.1. The molecular weight excluding hydrogens is 362 g/mol. The van der Waals surface area contributed by atoms with E-state index in [9.17, 15) is 9.59 Å². The van der Waals surface area contributed by atoms with Crippen molar-refractivity contribution in [2.24, 2.45) is 5.92 Å². The topological polar surface area (TPSA) is 52.6 Å². The number of hydrogen-bond acceptors (Lipinski definition) is 2. The van der Waals surface area contributed by atoms with Crippen molar-refractivity contribution in [3.8, 4) is 0 Å². The summed E-state index contributed by atoms with van der Waals surface area (Å²) in [7, 11) is 0. The number of carbonyl (C=O) groups excluding carboxylic acids is 2. The number of urea groups is 1. The molecule has 1 fully saturated rings. The van der Waals surface area contributed by atoms with Crippen LogP contribution in [0.3, 0.4) is 0 Å². The van der Waals surface area contributed by atoms with E-state index in [-0.39, 0.29) is 11.9 Å². The highest BCUT2D eigenvalue weighted by atomic mass is 16.2. The number of benzene rings is 2. The van der Waals surface area contributed by atoms with Gasteiger partial charge in [0.2, 0.25) is 0 Å². The summed E-state index contributed by atoms with van der Waals surface area (Å²) >= 11 is 0. The molecule has 1 aliphatic rings. The molecule has 5 nitrogen and oxygen atoms in total. The molecule has 0 unspecified atom stereocenters. The van der Waals surface area contributed by atoms with Gasteiger partial charge in [-0.25, -0.2) is 4.79 Å². The third kappa shape index (κ3) is 5.37. The van der Waals surface area contributed by atoms with E-state index in [0.717, 1.165) is 25.1 Å². The molecule has 0 radical (unpaired) electrons. The van der Waals surface area contributed by atoms with Crippen molar-refractivity contribution in [3.05, 3.63) is 65.2 Å². The van der Waals surface area contributed by atoms with Gasteiger partial charge in [-0.05, 0) is 55.0 Å². The zero-order valence-corrected chi connectivity index (χ0v) is 17.6. The van der Waals surface area contributed by atoms with E-state index in [1.54, 1.807) is 11.0 Å². The standard InChI is InChI=1S/C24H31N3O2/c1-18(2)12-13-25-23(28)20-10-6-11-22(16-20)27-15-7-14-26(24(27)29)17-21-9-5-4-8-19(21)3/h4-6,8-11,16,18H,7,12-15,17H2,1-3H3,(H,25,28). The van der Waals surface area contributed by atoms with Crippen molar-refractivity contribution in [2.45, 2.75) is 40.2 Å². The molecule has 3 amide bonds. The highest BCUT2D eigenvalue weighted by Gasteiger charge is 2.27. The van der Waals surface area contributed by atoms with Gasteiger partial charge in [0.1, 0.15) is 0 Å². The lowest BCUT2D eigenvalue weighted by Crippen LogP contribution is -2.49. The van der Waals surface area contributed by atoms with E-state index < -0.39 is 0 Å². The SMILES string of the molecule is Cc1ccccc1CN1CCCN(c2cccc(C(=O)NCCC(C)C)c2)C1=O. The van der Waals surface area contributed by atoms with Gasteiger partial charge >= 0.3 is 6.03 Å². The normalized spacial score (nSPS) is 14.4. The number of carbonyl (C=O) groups is 2. The third-order valence-electron chi connectivity index (χ3n) is 5.36. The van der Waals surface area contributed by atoms with Gasteiger partial charge in [0.25, 0.3) is 5.91 Å². The zero-order chi connectivity index (χ0) is 20.8. The van der Waals surface area contributed by atoms with Crippen LogP contribution >= 0.6 is 0 Å². The summed E-state index contributed by atoms with van der Waals surface area (Å²) < 4.78 is 0. The number of hydrogen-bond donors (Lipinski definition) is 1. The van der Waals surface area contributed by atoms with Crippen LogP contribution < -0.4 is 10.2 Å². The first-order valence-corrected chi connectivity index (χ1v) is 10.4. The fourth-order valence-corrected chi connectivity index (χ4v) is 3.55. The van der Waals surface area contributed by atoms with Crippen LogP contribution in [0.2, 0.25) is 0 Å². The predicted molar refractivity (Wildman–Crippen MR) is 117 cm³/mol. The molecule has 0 spiro atoms. The molecule has 154 valence electrons. The third-order valence-corrected chi connectivity index (χ3v) is 5.36. The molecule has 5 heteroatoms. The molecule has 29 heavy (non-hydrogen) atoms. The van der Waals surface area contributed by atoms with E-state index in [2.05, 4.69) is 38.2 Å². The summed E-state index contributed by atoms with van der Waals surface area (Å²) in [4.78, 5) is 29.3. The lowest BCUT2D eigenvalue weighted by atomic mass is 10.1. The number of nitrogens with zero attached hydrogens (tertiary/aromatic N) is 2. The van der Waals surface area contributed by atoms with Crippen LogP contribution in [-0.4, -0.2) is 36.5 Å². The van der Waals surface area contributed by atoms with Gasteiger partial charge in [-0.15, -0.1) is 0 Å². The summed E-state index contributed by atoms with van der Waals surface area (Å²) in [5.74, 6) is 0.459. The second-order valence-corrected chi connectivity index (χ2v) is 8.12. The Morgan fingerprint density at radius 2 is 1.90 bits per heavy atom. The second kappa shape index (κ2) is 9.59. The molecule has 0 saturated carbocycles. The molecule has 1 N–H and O–H groups in total. The Hall–Kier alpha value is -2.82. The minimum Gasteiger partial charge on any atom is -0.352 e. The van der Waals surface area contributed by atoms with Crippen LogP contribution in [0.5, 0.6) is 0 Å². The molecular formula is C24H31N3O2. The van der Waals surface area contributed by atoms with Gasteiger partial charge in [0.15, 0.2) is 0 Å². The fourth-order valence-electron chi connectivity index (χ4n) is 3.55. The van der Waals surface area contributed by atoms with Gasteiger partial charge < -0.3 is 10.2 Å². The zero-order valence-electron chi connectivity index (χ0n) is 17.6. The Morgan fingerprint density at radius 3 is 2.66 bits per heavy atom. The largest absolute Gasteiger partial charge is 0.352 e. The number of rotatable bonds is 7. The van der Waals surface area contributed by atoms with E-state index in [1.807, 2.05) is 35.2 Å². The maximum atomic E-state index is 13.1. The van der Waals surface area contributed by atoms with E-state index in [4.69, 9.17) is 0 Å². The number of anilines is 1. The second-order valence-electron chi connectivity index (χ2n) is 8.12. The van der Waals surface area contributed by atoms with Gasteiger partial charge in [-0.1, -0.05) is 44.2 Å². The van der Waals surface area contributed by atoms with Gasteiger partial charge in [-0.2, -0.15) is 0 Å². The first kappa shape index (κ1) is 20.9. The van der Waals surface area contributed by atoms with Crippen LogP contribution in [-0.2, 0) is 6.54 Å². The van der Waals surface area contributed by atoms with Crippen LogP contribution in [0, 0.1) is 12.8 Å². The quantitative estimate of drug-likeness (QED) is 0.747. The lowest BCUT2D eigenvalue weighted by molar-refractivity contribution is 0.0952. The average Bonchev–Trinajstić information content (AvgIpc) is 2.71. The predicted octanol–water partition coefficient (Wildman–Crippen LogP) is 4.60. The van der Waals surface area contributed by atoms with Gasteiger partial charge in [0.05, 0.1) is 0 Å². The Bertz CT molecular complexity index is 863. The Balaban J connectivity index is 1.70. The monoisotopic (exact) mass is 393 g/mol. The van der Waals surface area contributed by atoms with Crippen molar-refractivity contribution in [1.29, 1.82) is 0 Å². The molecule has 1 aliphatic heterocycles. The highest BCUT2D eigenvalue weighted by Crippen LogP contribution is 2.23. The summed E-state index contributed by atoms with van der Waals surface area (Å²) in [6.45, 7) is 9.03. The molecule has 0 aromatic heterocycles. The molecule has 0 atom stereocenters. The molecule has 1 saturated heterocycles. The number of aryl methyl sites for hydroxylation is 1. The number of nitrogens with one attached hydrogen (secondary N) is 1. The Kier molecular flexibility index (Phi) is 6.91. The first-order valence-electron chi connectivity index (χ1n) is 10.4.